The number of nitrogens with zero attached hydrogens (tertiary/aromatic N) is 4. The van der Waals surface area contributed by atoms with Gasteiger partial charge in [-0.15, -0.1) is 0 Å². The summed E-state index contributed by atoms with van der Waals surface area (Å²) >= 11 is 0. The standard InChI is InChI=1S/C16H18N4O3/c1-4-13-18-14(23-19-13)10-20(2)15(16(21)22-3)12-7-5-6-11(8-12)9-17/h5-8,15H,4,10H2,1-3H3. The molecule has 0 saturated carbocycles. The predicted molar refractivity (Wildman–Crippen MR) is 81.1 cm³/mol. The summed E-state index contributed by atoms with van der Waals surface area (Å²) in [6.45, 7) is 2.23. The first-order chi connectivity index (χ1) is 11.1. The van der Waals surface area contributed by atoms with Crippen LogP contribution in [0, 0.1) is 11.3 Å². The van der Waals surface area contributed by atoms with Crippen LogP contribution in [-0.2, 0) is 22.5 Å². The molecule has 0 aliphatic heterocycles. The molecule has 0 aliphatic carbocycles. The zero-order chi connectivity index (χ0) is 16.8. The quantitative estimate of drug-likeness (QED) is 0.751. The second-order valence-corrected chi connectivity index (χ2v) is 5.04. The Kier molecular flexibility index (Phi) is 5.44. The van der Waals surface area contributed by atoms with Crippen LogP contribution in [0.5, 0.6) is 0 Å². The van der Waals surface area contributed by atoms with Crippen LogP contribution in [0.4, 0.5) is 0 Å². The maximum atomic E-state index is 12.2. The molecule has 1 aromatic heterocycles. The minimum Gasteiger partial charge on any atom is -0.468 e. The van der Waals surface area contributed by atoms with E-state index in [0.717, 1.165) is 0 Å². The van der Waals surface area contributed by atoms with E-state index in [1.54, 1.807) is 36.2 Å². The normalized spacial score (nSPS) is 12.0. The lowest BCUT2D eigenvalue weighted by molar-refractivity contribution is -0.147. The highest BCUT2D eigenvalue weighted by Crippen LogP contribution is 2.23. The number of hydrogen-bond acceptors (Lipinski definition) is 7. The molecule has 7 nitrogen and oxygen atoms in total. The van der Waals surface area contributed by atoms with Crippen molar-refractivity contribution in [2.75, 3.05) is 14.2 Å². The molecule has 0 saturated heterocycles. The molecule has 2 aromatic rings. The summed E-state index contributed by atoms with van der Waals surface area (Å²) in [7, 11) is 3.09. The number of carbonyl (C=O) groups excluding carboxylic acids is 1. The van der Waals surface area contributed by atoms with Crippen LogP contribution in [0.25, 0.3) is 0 Å². The van der Waals surface area contributed by atoms with Gasteiger partial charge >= 0.3 is 5.97 Å². The largest absolute Gasteiger partial charge is 0.468 e. The first kappa shape index (κ1) is 16.6. The van der Waals surface area contributed by atoms with Crippen LogP contribution < -0.4 is 0 Å². The van der Waals surface area contributed by atoms with E-state index >= 15 is 0 Å². The van der Waals surface area contributed by atoms with Gasteiger partial charge in [-0.1, -0.05) is 24.2 Å². The van der Waals surface area contributed by atoms with Gasteiger partial charge in [0, 0.05) is 6.42 Å². The van der Waals surface area contributed by atoms with Crippen molar-refractivity contribution >= 4 is 5.97 Å². The van der Waals surface area contributed by atoms with Crippen LogP contribution in [0.2, 0.25) is 0 Å². The van der Waals surface area contributed by atoms with E-state index < -0.39 is 12.0 Å². The number of rotatable bonds is 6. The minimum atomic E-state index is -0.662. The summed E-state index contributed by atoms with van der Waals surface area (Å²) in [5.74, 6) is 0.627. The lowest BCUT2D eigenvalue weighted by Crippen LogP contribution is -2.31. The van der Waals surface area contributed by atoms with Crippen molar-refractivity contribution in [3.63, 3.8) is 0 Å². The molecule has 2 rings (SSSR count). The maximum absolute atomic E-state index is 12.2. The third kappa shape index (κ3) is 3.93. The van der Waals surface area contributed by atoms with E-state index in [9.17, 15) is 4.79 Å². The fourth-order valence-corrected chi connectivity index (χ4v) is 2.26. The third-order valence-corrected chi connectivity index (χ3v) is 3.41. The average molecular weight is 314 g/mol. The Balaban J connectivity index is 2.26. The predicted octanol–water partition coefficient (Wildman–Crippen LogP) is 1.85. The Morgan fingerprint density at radius 1 is 1.52 bits per heavy atom. The Morgan fingerprint density at radius 3 is 2.91 bits per heavy atom. The topological polar surface area (TPSA) is 92.3 Å². The fourth-order valence-electron chi connectivity index (χ4n) is 2.26. The smallest absolute Gasteiger partial charge is 0.327 e. The minimum absolute atomic E-state index is 0.295. The van der Waals surface area contributed by atoms with Gasteiger partial charge in [0.15, 0.2) is 5.82 Å². The number of aromatic nitrogens is 2. The van der Waals surface area contributed by atoms with Crippen molar-refractivity contribution in [3.05, 3.63) is 47.1 Å². The molecule has 1 heterocycles. The van der Waals surface area contributed by atoms with Crippen LogP contribution in [0.3, 0.4) is 0 Å². The Labute approximate surface area is 134 Å². The summed E-state index contributed by atoms with van der Waals surface area (Å²) in [4.78, 5) is 18.2. The molecule has 0 radical (unpaired) electrons. The molecule has 0 fully saturated rings. The highest BCUT2D eigenvalue weighted by atomic mass is 16.5. The molecule has 1 aromatic carbocycles. The van der Waals surface area contributed by atoms with Crippen molar-refractivity contribution in [1.82, 2.24) is 15.0 Å². The van der Waals surface area contributed by atoms with Crippen LogP contribution in [-0.4, -0.2) is 35.2 Å². The number of carbonyl (C=O) groups is 1. The Bertz CT molecular complexity index is 720. The van der Waals surface area contributed by atoms with E-state index in [1.807, 2.05) is 6.92 Å². The van der Waals surface area contributed by atoms with Crippen molar-refractivity contribution in [1.29, 1.82) is 5.26 Å². The van der Waals surface area contributed by atoms with Gasteiger partial charge in [0.25, 0.3) is 0 Å². The van der Waals surface area contributed by atoms with Crippen molar-refractivity contribution < 1.29 is 14.1 Å². The van der Waals surface area contributed by atoms with Crippen molar-refractivity contribution in [2.24, 2.45) is 0 Å². The number of aryl methyl sites for hydroxylation is 1. The monoisotopic (exact) mass is 314 g/mol. The summed E-state index contributed by atoms with van der Waals surface area (Å²) in [5.41, 5.74) is 1.16. The summed E-state index contributed by atoms with van der Waals surface area (Å²) < 4.78 is 10.1. The molecule has 0 bridgehead atoms. The number of benzene rings is 1. The van der Waals surface area contributed by atoms with Crippen LogP contribution >= 0.6 is 0 Å². The molecule has 23 heavy (non-hydrogen) atoms. The van der Waals surface area contributed by atoms with E-state index in [1.165, 1.54) is 7.11 Å². The summed E-state index contributed by atoms with van der Waals surface area (Å²) in [6.07, 6.45) is 0.678. The van der Waals surface area contributed by atoms with Gasteiger partial charge in [-0.2, -0.15) is 10.2 Å². The van der Waals surface area contributed by atoms with E-state index in [0.29, 0.717) is 35.8 Å². The van der Waals surface area contributed by atoms with Crippen LogP contribution in [0.15, 0.2) is 28.8 Å². The van der Waals surface area contributed by atoms with Gasteiger partial charge in [0.1, 0.15) is 6.04 Å². The van der Waals surface area contributed by atoms with Gasteiger partial charge in [-0.05, 0) is 24.7 Å². The van der Waals surface area contributed by atoms with Crippen LogP contribution in [0.1, 0.15) is 35.8 Å². The number of ether oxygens (including phenoxy) is 1. The number of hydrogen-bond donors (Lipinski definition) is 0. The number of likely N-dealkylation sites (N-methyl/N-ethyl adjacent to an activating group) is 1. The van der Waals surface area contributed by atoms with Gasteiger partial charge < -0.3 is 9.26 Å². The first-order valence-electron chi connectivity index (χ1n) is 7.18. The molecule has 1 atom stereocenters. The zero-order valence-corrected chi connectivity index (χ0v) is 13.3. The van der Waals surface area contributed by atoms with E-state index in [4.69, 9.17) is 14.5 Å². The SMILES string of the molecule is CCc1noc(CN(C)C(C(=O)OC)c2cccc(C#N)c2)n1. The Morgan fingerprint density at radius 2 is 2.30 bits per heavy atom. The maximum Gasteiger partial charge on any atom is 0.327 e. The van der Waals surface area contributed by atoms with Gasteiger partial charge in [0.05, 0.1) is 25.3 Å². The van der Waals surface area contributed by atoms with Gasteiger partial charge in [-0.3, -0.25) is 4.90 Å². The number of nitriles is 1. The molecular formula is C16H18N4O3. The van der Waals surface area contributed by atoms with E-state index in [2.05, 4.69) is 16.2 Å². The Hall–Kier alpha value is -2.72. The third-order valence-electron chi connectivity index (χ3n) is 3.41. The van der Waals surface area contributed by atoms with Crippen molar-refractivity contribution in [2.45, 2.75) is 25.9 Å². The number of methoxy groups -OCH3 is 1. The van der Waals surface area contributed by atoms with Crippen molar-refractivity contribution in [3.8, 4) is 6.07 Å². The molecule has 120 valence electrons. The molecule has 0 amide bonds. The van der Waals surface area contributed by atoms with Gasteiger partial charge in [0.2, 0.25) is 5.89 Å². The fraction of sp³-hybridized carbons (Fsp3) is 0.375. The first-order valence-corrected chi connectivity index (χ1v) is 7.18. The average Bonchev–Trinajstić information content (AvgIpc) is 3.02. The van der Waals surface area contributed by atoms with Gasteiger partial charge in [-0.25, -0.2) is 4.79 Å². The molecule has 7 heteroatoms. The summed E-state index contributed by atoms with van der Waals surface area (Å²) in [5, 5.41) is 12.9. The second-order valence-electron chi connectivity index (χ2n) is 5.04. The molecule has 0 aliphatic rings. The summed E-state index contributed by atoms with van der Waals surface area (Å²) in [6, 6.07) is 8.28. The van der Waals surface area contributed by atoms with E-state index in [-0.39, 0.29) is 0 Å². The second kappa shape index (κ2) is 7.51. The zero-order valence-electron chi connectivity index (χ0n) is 13.3. The lowest BCUT2D eigenvalue weighted by atomic mass is 10.0. The number of esters is 1. The lowest BCUT2D eigenvalue weighted by Gasteiger charge is -2.24. The highest BCUT2D eigenvalue weighted by Gasteiger charge is 2.27. The molecule has 1 unspecified atom stereocenters. The molecule has 0 spiro atoms. The molecular weight excluding hydrogens is 296 g/mol. The highest BCUT2D eigenvalue weighted by molar-refractivity contribution is 5.77. The molecule has 0 N–H and O–H groups in total.